The predicted octanol–water partition coefficient (Wildman–Crippen LogP) is 3.10. The van der Waals surface area contributed by atoms with Gasteiger partial charge in [-0.25, -0.2) is 4.39 Å². The molecule has 0 bridgehead atoms. The van der Waals surface area contributed by atoms with Crippen LogP contribution in [0, 0.1) is 11.7 Å². The summed E-state index contributed by atoms with van der Waals surface area (Å²) in [6.45, 7) is 4.26. The molecule has 0 atom stereocenters. The summed E-state index contributed by atoms with van der Waals surface area (Å²) >= 11 is 0. The molecule has 0 aliphatic rings. The summed E-state index contributed by atoms with van der Waals surface area (Å²) in [5, 5.41) is 0. The summed E-state index contributed by atoms with van der Waals surface area (Å²) in [7, 11) is 0. The third kappa shape index (κ3) is 4.92. The van der Waals surface area contributed by atoms with Gasteiger partial charge >= 0.3 is 0 Å². The summed E-state index contributed by atoms with van der Waals surface area (Å²) in [5.74, 6) is -0.789. The first-order chi connectivity index (χ1) is 11.0. The zero-order valence-corrected chi connectivity index (χ0v) is 13.1. The quantitative estimate of drug-likeness (QED) is 0.852. The summed E-state index contributed by atoms with van der Waals surface area (Å²) in [6, 6.07) is 12.3. The highest BCUT2D eigenvalue weighted by molar-refractivity contribution is 5.99. The number of hydrogen-bond donors (Lipinski definition) is 2. The van der Waals surface area contributed by atoms with Gasteiger partial charge in [0.25, 0.3) is 11.8 Å². The molecule has 23 heavy (non-hydrogen) atoms. The van der Waals surface area contributed by atoms with Crippen molar-refractivity contribution in [3.63, 3.8) is 0 Å². The molecule has 2 aromatic carbocycles. The Bertz CT molecular complexity index is 679. The fraction of sp³-hybridized carbons (Fsp3) is 0.222. The number of amides is 2. The lowest BCUT2D eigenvalue weighted by molar-refractivity contribution is 0.0846. The molecular formula is C18H19FN2O2. The monoisotopic (exact) mass is 314 g/mol. The molecule has 2 N–H and O–H groups in total. The molecule has 0 aliphatic heterocycles. The van der Waals surface area contributed by atoms with Crippen molar-refractivity contribution in [1.29, 1.82) is 0 Å². The molecule has 2 amide bonds. The Morgan fingerprint density at radius 1 is 0.870 bits per heavy atom. The Kier molecular flexibility index (Phi) is 5.46. The first-order valence-electron chi connectivity index (χ1n) is 7.41. The van der Waals surface area contributed by atoms with Crippen LogP contribution in [0.25, 0.3) is 0 Å². The Labute approximate surface area is 134 Å². The lowest BCUT2D eigenvalue weighted by Gasteiger charge is -2.09. The molecule has 0 radical (unpaired) electrons. The van der Waals surface area contributed by atoms with E-state index in [2.05, 4.69) is 24.7 Å². The van der Waals surface area contributed by atoms with Gasteiger partial charge in [-0.15, -0.1) is 0 Å². The molecule has 2 aromatic rings. The minimum absolute atomic E-state index is 0.263. The van der Waals surface area contributed by atoms with Gasteiger partial charge in [0.05, 0.1) is 0 Å². The second kappa shape index (κ2) is 7.54. The number of carbonyl (C=O) groups is 2. The Morgan fingerprint density at radius 3 is 1.74 bits per heavy atom. The maximum absolute atomic E-state index is 12.8. The van der Waals surface area contributed by atoms with Crippen molar-refractivity contribution in [2.45, 2.75) is 20.3 Å². The van der Waals surface area contributed by atoms with E-state index in [0.29, 0.717) is 11.5 Å². The SMILES string of the molecule is CC(C)Cc1ccc(C(=O)NNC(=O)c2ccc(F)cc2)cc1. The maximum Gasteiger partial charge on any atom is 0.269 e. The van der Waals surface area contributed by atoms with Crippen LogP contribution in [0.2, 0.25) is 0 Å². The molecule has 120 valence electrons. The molecule has 0 aromatic heterocycles. The average Bonchev–Trinajstić information content (AvgIpc) is 2.53. The Morgan fingerprint density at radius 2 is 1.30 bits per heavy atom. The summed E-state index contributed by atoms with van der Waals surface area (Å²) in [6.07, 6.45) is 0.948. The van der Waals surface area contributed by atoms with E-state index in [1.54, 1.807) is 12.1 Å². The van der Waals surface area contributed by atoms with Gasteiger partial charge < -0.3 is 0 Å². The number of benzene rings is 2. The van der Waals surface area contributed by atoms with E-state index in [0.717, 1.165) is 12.0 Å². The molecule has 0 aliphatic carbocycles. The van der Waals surface area contributed by atoms with E-state index >= 15 is 0 Å². The molecular weight excluding hydrogens is 295 g/mol. The van der Waals surface area contributed by atoms with E-state index in [9.17, 15) is 14.0 Å². The van der Waals surface area contributed by atoms with Crippen LogP contribution in [0.5, 0.6) is 0 Å². The zero-order valence-electron chi connectivity index (χ0n) is 13.1. The Hall–Kier alpha value is -2.69. The lowest BCUT2D eigenvalue weighted by atomic mass is 10.0. The molecule has 4 nitrogen and oxygen atoms in total. The summed E-state index contributed by atoms with van der Waals surface area (Å²) in [5.41, 5.74) is 6.52. The molecule has 0 heterocycles. The number of hydrogen-bond acceptors (Lipinski definition) is 2. The molecule has 0 saturated carbocycles. The van der Waals surface area contributed by atoms with Crippen LogP contribution in [0.4, 0.5) is 4.39 Å². The molecule has 0 spiro atoms. The normalized spacial score (nSPS) is 10.4. The fourth-order valence-electron chi connectivity index (χ4n) is 2.12. The van der Waals surface area contributed by atoms with E-state index in [1.807, 2.05) is 12.1 Å². The molecule has 0 saturated heterocycles. The van der Waals surface area contributed by atoms with Gasteiger partial charge in [-0.1, -0.05) is 26.0 Å². The molecule has 0 fully saturated rings. The first-order valence-corrected chi connectivity index (χ1v) is 7.41. The lowest BCUT2D eigenvalue weighted by Crippen LogP contribution is -2.41. The number of halogens is 1. The molecule has 0 unspecified atom stereocenters. The highest BCUT2D eigenvalue weighted by Gasteiger charge is 2.09. The van der Waals surface area contributed by atoms with Gasteiger partial charge in [0.15, 0.2) is 0 Å². The fourth-order valence-corrected chi connectivity index (χ4v) is 2.12. The van der Waals surface area contributed by atoms with E-state index < -0.39 is 17.6 Å². The van der Waals surface area contributed by atoms with Crippen molar-refractivity contribution in [1.82, 2.24) is 10.9 Å². The summed E-state index contributed by atoms with van der Waals surface area (Å²) in [4.78, 5) is 23.8. The van der Waals surface area contributed by atoms with Gasteiger partial charge in [0, 0.05) is 11.1 Å². The number of carbonyl (C=O) groups excluding carboxylic acids is 2. The molecule has 2 rings (SSSR count). The minimum Gasteiger partial charge on any atom is -0.267 e. The average molecular weight is 314 g/mol. The van der Waals surface area contributed by atoms with Crippen LogP contribution < -0.4 is 10.9 Å². The second-order valence-corrected chi connectivity index (χ2v) is 5.71. The minimum atomic E-state index is -0.505. The third-order valence-electron chi connectivity index (χ3n) is 3.26. The van der Waals surface area contributed by atoms with Crippen LogP contribution in [-0.4, -0.2) is 11.8 Å². The maximum atomic E-state index is 12.8. The molecule has 5 heteroatoms. The number of nitrogens with one attached hydrogen (secondary N) is 2. The predicted molar refractivity (Wildman–Crippen MR) is 86.3 cm³/mol. The highest BCUT2D eigenvalue weighted by Crippen LogP contribution is 2.09. The van der Waals surface area contributed by atoms with Gasteiger partial charge in [-0.3, -0.25) is 20.4 Å². The van der Waals surface area contributed by atoms with E-state index in [-0.39, 0.29) is 5.56 Å². The standard InChI is InChI=1S/C18H19FN2O2/c1-12(2)11-13-3-5-14(6-4-13)17(22)20-21-18(23)15-7-9-16(19)10-8-15/h3-10,12H,11H2,1-2H3,(H,20,22)(H,21,23). The van der Waals surface area contributed by atoms with Crippen LogP contribution >= 0.6 is 0 Å². The third-order valence-corrected chi connectivity index (χ3v) is 3.26. The highest BCUT2D eigenvalue weighted by atomic mass is 19.1. The van der Waals surface area contributed by atoms with E-state index in [1.165, 1.54) is 24.3 Å². The smallest absolute Gasteiger partial charge is 0.267 e. The van der Waals surface area contributed by atoms with Crippen molar-refractivity contribution < 1.29 is 14.0 Å². The topological polar surface area (TPSA) is 58.2 Å². The first kappa shape index (κ1) is 16.7. The second-order valence-electron chi connectivity index (χ2n) is 5.71. The largest absolute Gasteiger partial charge is 0.269 e. The summed E-state index contributed by atoms with van der Waals surface area (Å²) < 4.78 is 12.8. The van der Waals surface area contributed by atoms with Crippen molar-refractivity contribution >= 4 is 11.8 Å². The van der Waals surface area contributed by atoms with Gasteiger partial charge in [-0.2, -0.15) is 0 Å². The van der Waals surface area contributed by atoms with Crippen LogP contribution in [0.3, 0.4) is 0 Å². The van der Waals surface area contributed by atoms with Crippen molar-refractivity contribution in [3.05, 3.63) is 71.0 Å². The van der Waals surface area contributed by atoms with Crippen LogP contribution in [0.1, 0.15) is 40.1 Å². The van der Waals surface area contributed by atoms with Gasteiger partial charge in [0.2, 0.25) is 0 Å². The van der Waals surface area contributed by atoms with Crippen molar-refractivity contribution in [3.8, 4) is 0 Å². The van der Waals surface area contributed by atoms with E-state index in [4.69, 9.17) is 0 Å². The van der Waals surface area contributed by atoms with Crippen LogP contribution in [-0.2, 0) is 6.42 Å². The zero-order chi connectivity index (χ0) is 16.8. The Balaban J connectivity index is 1.91. The van der Waals surface area contributed by atoms with Gasteiger partial charge in [0.1, 0.15) is 5.82 Å². The van der Waals surface area contributed by atoms with Crippen molar-refractivity contribution in [2.24, 2.45) is 5.92 Å². The number of rotatable bonds is 4. The van der Waals surface area contributed by atoms with Gasteiger partial charge in [-0.05, 0) is 54.3 Å². The number of hydrazine groups is 1. The van der Waals surface area contributed by atoms with Crippen molar-refractivity contribution in [2.75, 3.05) is 0 Å². The van der Waals surface area contributed by atoms with Crippen LogP contribution in [0.15, 0.2) is 48.5 Å².